The maximum absolute atomic E-state index is 13.7. The number of amides is 1. The maximum Gasteiger partial charge on any atom is 0.248 e. The molecule has 5 rings (SSSR count). The lowest BCUT2D eigenvalue weighted by Gasteiger charge is -2.21. The molecule has 202 valence electrons. The van der Waals surface area contributed by atoms with Crippen molar-refractivity contribution >= 4 is 21.5 Å². The second-order valence-electron chi connectivity index (χ2n) is 11.1. The minimum Gasteiger partial charge on any atom is -0.338 e. The van der Waals surface area contributed by atoms with E-state index in [-0.39, 0.29) is 49.2 Å². The number of aryl methyl sites for hydroxylation is 1. The van der Waals surface area contributed by atoms with E-state index >= 15 is 0 Å². The van der Waals surface area contributed by atoms with Gasteiger partial charge in [0, 0.05) is 49.9 Å². The molecule has 3 fully saturated rings. The normalized spacial score (nSPS) is 27.5. The molecule has 0 spiro atoms. The van der Waals surface area contributed by atoms with E-state index < -0.39 is 50.2 Å². The van der Waals surface area contributed by atoms with E-state index in [2.05, 4.69) is 16.5 Å². The zero-order valence-corrected chi connectivity index (χ0v) is 21.9. The van der Waals surface area contributed by atoms with Gasteiger partial charge >= 0.3 is 0 Å². The van der Waals surface area contributed by atoms with Gasteiger partial charge in [-0.1, -0.05) is 12.1 Å². The highest BCUT2D eigenvalue weighted by Gasteiger charge is 2.52. The summed E-state index contributed by atoms with van der Waals surface area (Å²) in [6, 6.07) is 8.56. The predicted octanol–water partition coefficient (Wildman–Crippen LogP) is 3.82. The van der Waals surface area contributed by atoms with Crippen LogP contribution in [0.15, 0.2) is 41.6 Å². The van der Waals surface area contributed by atoms with Gasteiger partial charge in [-0.3, -0.25) is 14.3 Å². The van der Waals surface area contributed by atoms with E-state index in [1.807, 2.05) is 0 Å². The first-order valence-corrected chi connectivity index (χ1v) is 14.4. The first-order valence-electron chi connectivity index (χ1n) is 12.9. The summed E-state index contributed by atoms with van der Waals surface area (Å²) < 4.78 is 56.5. The zero-order valence-electron chi connectivity index (χ0n) is 21.1. The van der Waals surface area contributed by atoms with E-state index in [0.29, 0.717) is 18.4 Å². The Kier molecular flexibility index (Phi) is 6.66. The molecule has 11 heteroatoms. The summed E-state index contributed by atoms with van der Waals surface area (Å²) >= 11 is 0. The lowest BCUT2D eigenvalue weighted by molar-refractivity contribution is -0.133. The number of nitriles is 1. The van der Waals surface area contributed by atoms with Crippen LogP contribution in [0.1, 0.15) is 51.4 Å². The van der Waals surface area contributed by atoms with Gasteiger partial charge in [-0.25, -0.2) is 17.2 Å². The summed E-state index contributed by atoms with van der Waals surface area (Å²) in [5.41, 5.74) is 0.458. The second-order valence-corrected chi connectivity index (χ2v) is 13.3. The molecule has 1 aromatic carbocycles. The van der Waals surface area contributed by atoms with Crippen molar-refractivity contribution in [1.82, 2.24) is 15.1 Å². The molecule has 0 radical (unpaired) electrons. The number of alkyl halides is 2. The van der Waals surface area contributed by atoms with Gasteiger partial charge in [0.05, 0.1) is 22.4 Å². The molecule has 1 heterocycles. The second kappa shape index (κ2) is 9.56. The Morgan fingerprint density at radius 3 is 2.53 bits per heavy atom. The van der Waals surface area contributed by atoms with Gasteiger partial charge in [-0.05, 0) is 55.7 Å². The number of aromatic nitrogens is 2. The number of halogens is 2. The van der Waals surface area contributed by atoms with Crippen LogP contribution in [-0.2, 0) is 26.5 Å². The predicted molar refractivity (Wildman–Crippen MR) is 133 cm³/mol. The van der Waals surface area contributed by atoms with E-state index in [0.717, 1.165) is 5.56 Å². The van der Waals surface area contributed by atoms with Gasteiger partial charge < -0.3 is 5.32 Å². The first kappa shape index (κ1) is 26.5. The molecule has 38 heavy (non-hydrogen) atoms. The number of Topliss-reactive ketones (excluding diaryl/α,β-unsaturated/α-hetero) is 1. The van der Waals surface area contributed by atoms with Gasteiger partial charge in [0.15, 0.2) is 9.84 Å². The van der Waals surface area contributed by atoms with Crippen LogP contribution in [0.5, 0.6) is 0 Å². The molecule has 4 atom stereocenters. The molecule has 0 aliphatic heterocycles. The molecule has 0 bridgehead atoms. The molecule has 1 unspecified atom stereocenters. The largest absolute Gasteiger partial charge is 0.338 e. The van der Waals surface area contributed by atoms with Gasteiger partial charge in [0.25, 0.3) is 0 Å². The Morgan fingerprint density at radius 1 is 1.18 bits per heavy atom. The number of rotatable bonds is 8. The number of carbonyl (C=O) groups excluding carboxylic acids is 2. The van der Waals surface area contributed by atoms with Crippen LogP contribution < -0.4 is 5.32 Å². The third-order valence-corrected chi connectivity index (χ3v) is 10.4. The standard InChI is InChI=1S/C27H30F2N4O4S/c1-33-15-19(14-31-33)18-3-2-4-20(10-18)38(36,37)21-11-22(24(34)9-17-5-6-27(28,29)13-17)23(12-21)25(35)32-26(16-30)7-8-26/h2-4,10,14-15,17,21-23H,5-9,11-13H2,1H3,(H,32,35)/t17?,21-,22+,23+/m0/s1. The summed E-state index contributed by atoms with van der Waals surface area (Å²) in [4.78, 5) is 26.6. The number of nitrogens with one attached hydrogen (secondary N) is 1. The van der Waals surface area contributed by atoms with Crippen molar-refractivity contribution in [3.8, 4) is 17.2 Å². The molecule has 3 aliphatic carbocycles. The SMILES string of the molecule is Cn1cc(-c2cccc(S(=O)(=O)[C@H]3C[C@@H](C(=O)CC4CCC(F)(F)C4)[C@H](C(=O)NC4(C#N)CC4)C3)c2)cn1. The lowest BCUT2D eigenvalue weighted by atomic mass is 9.86. The van der Waals surface area contributed by atoms with Crippen molar-refractivity contribution < 1.29 is 26.8 Å². The number of hydrogen-bond acceptors (Lipinski definition) is 6. The fourth-order valence-corrected chi connectivity index (χ4v) is 7.74. The van der Waals surface area contributed by atoms with Gasteiger partial charge in [-0.15, -0.1) is 0 Å². The molecule has 0 saturated heterocycles. The van der Waals surface area contributed by atoms with Gasteiger partial charge in [0.1, 0.15) is 11.3 Å². The fraction of sp³-hybridized carbons (Fsp3) is 0.556. The Bertz CT molecular complexity index is 1410. The molecule has 1 N–H and O–H groups in total. The van der Waals surface area contributed by atoms with E-state index in [1.165, 1.54) is 6.07 Å². The van der Waals surface area contributed by atoms with Crippen LogP contribution >= 0.6 is 0 Å². The van der Waals surface area contributed by atoms with Crippen molar-refractivity contribution in [3.63, 3.8) is 0 Å². The third-order valence-electron chi connectivity index (χ3n) is 8.23. The highest BCUT2D eigenvalue weighted by molar-refractivity contribution is 7.92. The molecular weight excluding hydrogens is 514 g/mol. The molecular formula is C27H30F2N4O4S. The Labute approximate surface area is 220 Å². The molecule has 1 aromatic heterocycles. The highest BCUT2D eigenvalue weighted by atomic mass is 32.2. The minimum absolute atomic E-state index is 0.0565. The zero-order chi connectivity index (χ0) is 27.3. The van der Waals surface area contributed by atoms with Crippen LogP contribution in [-0.4, -0.2) is 46.6 Å². The highest BCUT2D eigenvalue weighted by Crippen LogP contribution is 2.45. The van der Waals surface area contributed by atoms with Gasteiger partial charge in [-0.2, -0.15) is 10.4 Å². The van der Waals surface area contributed by atoms with Crippen LogP contribution in [0.4, 0.5) is 8.78 Å². The molecule has 2 aromatic rings. The van der Waals surface area contributed by atoms with Crippen molar-refractivity contribution in [2.24, 2.45) is 24.8 Å². The molecule has 3 aliphatic rings. The van der Waals surface area contributed by atoms with E-state index in [1.54, 1.807) is 42.3 Å². The number of ketones is 1. The van der Waals surface area contributed by atoms with Crippen LogP contribution in [0.25, 0.3) is 11.1 Å². The number of benzene rings is 1. The number of hydrogen-bond donors (Lipinski definition) is 1. The number of sulfone groups is 1. The number of nitrogens with zero attached hydrogens (tertiary/aromatic N) is 3. The Hall–Kier alpha value is -3.13. The van der Waals surface area contributed by atoms with Crippen molar-refractivity contribution in [1.29, 1.82) is 5.26 Å². The average Bonchev–Trinajstić information content (AvgIpc) is 3.19. The van der Waals surface area contributed by atoms with E-state index in [4.69, 9.17) is 0 Å². The molecule has 1 amide bonds. The van der Waals surface area contributed by atoms with Crippen molar-refractivity contribution in [2.75, 3.05) is 0 Å². The maximum atomic E-state index is 13.7. The fourth-order valence-electron chi connectivity index (χ4n) is 5.88. The summed E-state index contributed by atoms with van der Waals surface area (Å²) in [5, 5.41) is 15.3. The number of carbonyl (C=O) groups is 2. The summed E-state index contributed by atoms with van der Waals surface area (Å²) in [7, 11) is -2.16. The molecule has 8 nitrogen and oxygen atoms in total. The van der Waals surface area contributed by atoms with E-state index in [9.17, 15) is 32.0 Å². The summed E-state index contributed by atoms with van der Waals surface area (Å²) in [5.74, 6) is -5.98. The monoisotopic (exact) mass is 544 g/mol. The third kappa shape index (κ3) is 5.23. The first-order chi connectivity index (χ1) is 17.9. The summed E-state index contributed by atoms with van der Waals surface area (Å²) in [6.07, 6.45) is 3.76. The van der Waals surface area contributed by atoms with Crippen molar-refractivity contribution in [3.05, 3.63) is 36.7 Å². The Balaban J connectivity index is 1.39. The average molecular weight is 545 g/mol. The van der Waals surface area contributed by atoms with Gasteiger partial charge in [0.2, 0.25) is 11.8 Å². The lowest BCUT2D eigenvalue weighted by Crippen LogP contribution is -2.42. The smallest absolute Gasteiger partial charge is 0.248 e. The van der Waals surface area contributed by atoms with Crippen LogP contribution in [0.2, 0.25) is 0 Å². The quantitative estimate of drug-likeness (QED) is 0.539. The van der Waals surface area contributed by atoms with Crippen LogP contribution in [0.3, 0.4) is 0 Å². The topological polar surface area (TPSA) is 122 Å². The summed E-state index contributed by atoms with van der Waals surface area (Å²) in [6.45, 7) is 0. The molecule has 3 saturated carbocycles. The van der Waals surface area contributed by atoms with Crippen LogP contribution in [0, 0.1) is 29.1 Å². The van der Waals surface area contributed by atoms with Crippen molar-refractivity contribution in [2.45, 2.75) is 73.0 Å². The minimum atomic E-state index is -3.92. The Morgan fingerprint density at radius 2 is 1.92 bits per heavy atom.